The first-order valence-electron chi connectivity index (χ1n) is 8.14. The first-order chi connectivity index (χ1) is 12.0. The number of nitrogens with one attached hydrogen (secondary N) is 1. The number of hydrogen-bond donors (Lipinski definition) is 1. The van der Waals surface area contributed by atoms with E-state index in [4.69, 9.17) is 4.74 Å². The molecule has 8 nitrogen and oxygen atoms in total. The van der Waals surface area contributed by atoms with Crippen LogP contribution in [0.4, 0.5) is 0 Å². The predicted octanol–water partition coefficient (Wildman–Crippen LogP) is 0.290. The zero-order valence-electron chi connectivity index (χ0n) is 14.0. The molecule has 0 spiro atoms. The molecule has 0 bridgehead atoms. The summed E-state index contributed by atoms with van der Waals surface area (Å²) >= 11 is 0. The van der Waals surface area contributed by atoms with Crippen molar-refractivity contribution in [2.75, 3.05) is 13.2 Å². The molecular weight excluding hydrogens is 324 g/mol. The fraction of sp³-hybridized carbons (Fsp3) is 0.412. The van der Waals surface area contributed by atoms with E-state index in [9.17, 15) is 14.4 Å². The lowest BCUT2D eigenvalue weighted by Gasteiger charge is -2.25. The molecule has 2 aromatic heterocycles. The Labute approximate surface area is 144 Å². The van der Waals surface area contributed by atoms with Crippen molar-refractivity contribution in [2.45, 2.75) is 25.5 Å². The summed E-state index contributed by atoms with van der Waals surface area (Å²) in [7, 11) is 1.49. The van der Waals surface area contributed by atoms with E-state index in [1.807, 2.05) is 12.1 Å². The Bertz CT molecular complexity index is 853. The van der Waals surface area contributed by atoms with Crippen molar-refractivity contribution < 1.29 is 9.53 Å². The summed E-state index contributed by atoms with van der Waals surface area (Å²) in [5.74, 6) is -0.427. The van der Waals surface area contributed by atoms with E-state index in [1.54, 1.807) is 17.3 Å². The molecule has 1 N–H and O–H groups in total. The van der Waals surface area contributed by atoms with Gasteiger partial charge in [-0.05, 0) is 30.5 Å². The van der Waals surface area contributed by atoms with Gasteiger partial charge in [0, 0.05) is 45.3 Å². The van der Waals surface area contributed by atoms with Gasteiger partial charge in [0.1, 0.15) is 5.56 Å². The van der Waals surface area contributed by atoms with Crippen LogP contribution in [0.5, 0.6) is 0 Å². The van der Waals surface area contributed by atoms with Crippen LogP contribution in [0.25, 0.3) is 0 Å². The highest BCUT2D eigenvalue weighted by Gasteiger charge is 2.25. The minimum absolute atomic E-state index is 0.0441. The molecule has 1 amide bonds. The predicted molar refractivity (Wildman–Crippen MR) is 90.3 cm³/mol. The minimum atomic E-state index is -0.680. The molecule has 8 heteroatoms. The Morgan fingerprint density at radius 1 is 1.40 bits per heavy atom. The highest BCUT2D eigenvalue weighted by atomic mass is 16.5. The summed E-state index contributed by atoms with van der Waals surface area (Å²) in [4.78, 5) is 44.2. The van der Waals surface area contributed by atoms with E-state index in [0.29, 0.717) is 19.7 Å². The molecule has 3 rings (SSSR count). The van der Waals surface area contributed by atoms with Crippen molar-refractivity contribution in [3.63, 3.8) is 0 Å². The molecule has 1 aliphatic rings. The zero-order valence-corrected chi connectivity index (χ0v) is 14.0. The number of aryl methyl sites for hydroxylation is 1. The summed E-state index contributed by atoms with van der Waals surface area (Å²) in [6.07, 6.45) is 6.38. The number of amides is 1. The lowest BCUT2D eigenvalue weighted by Crippen LogP contribution is -2.41. The van der Waals surface area contributed by atoms with Crippen molar-refractivity contribution >= 4 is 5.91 Å². The Morgan fingerprint density at radius 2 is 2.16 bits per heavy atom. The number of rotatable bonds is 5. The normalized spacial score (nSPS) is 16.8. The summed E-state index contributed by atoms with van der Waals surface area (Å²) < 4.78 is 6.82. The van der Waals surface area contributed by atoms with Gasteiger partial charge in [-0.3, -0.25) is 19.6 Å². The molecule has 0 aromatic carbocycles. The fourth-order valence-electron chi connectivity index (χ4n) is 2.85. The zero-order chi connectivity index (χ0) is 17.8. The molecule has 3 heterocycles. The van der Waals surface area contributed by atoms with E-state index < -0.39 is 17.2 Å². The number of ether oxygens (including phenoxy) is 1. The van der Waals surface area contributed by atoms with E-state index in [-0.39, 0.29) is 11.7 Å². The fourth-order valence-corrected chi connectivity index (χ4v) is 2.85. The Hall–Kier alpha value is -2.74. The second kappa shape index (κ2) is 7.43. The minimum Gasteiger partial charge on any atom is -0.376 e. The van der Waals surface area contributed by atoms with Crippen molar-refractivity contribution in [3.05, 3.63) is 62.7 Å². The molecule has 0 aliphatic carbocycles. The van der Waals surface area contributed by atoms with Gasteiger partial charge in [0.15, 0.2) is 0 Å². The van der Waals surface area contributed by atoms with Crippen LogP contribution in [0.1, 0.15) is 28.8 Å². The second-order valence-electron chi connectivity index (χ2n) is 6.09. The van der Waals surface area contributed by atoms with Gasteiger partial charge in [-0.15, -0.1) is 0 Å². The number of H-pyrrole nitrogens is 1. The van der Waals surface area contributed by atoms with Gasteiger partial charge in [0.05, 0.1) is 6.10 Å². The summed E-state index contributed by atoms with van der Waals surface area (Å²) in [5.41, 5.74) is -0.390. The van der Waals surface area contributed by atoms with Crippen LogP contribution in [0.3, 0.4) is 0 Å². The molecule has 0 saturated carbocycles. The average Bonchev–Trinajstić information content (AvgIpc) is 3.11. The molecule has 0 radical (unpaired) electrons. The molecular formula is C17H20N4O4. The van der Waals surface area contributed by atoms with Crippen molar-refractivity contribution in [1.82, 2.24) is 19.4 Å². The van der Waals surface area contributed by atoms with Crippen molar-refractivity contribution in [1.29, 1.82) is 0 Å². The van der Waals surface area contributed by atoms with Crippen molar-refractivity contribution in [2.24, 2.45) is 7.05 Å². The van der Waals surface area contributed by atoms with Crippen LogP contribution in [-0.2, 0) is 18.3 Å². The summed E-state index contributed by atoms with van der Waals surface area (Å²) in [6.45, 7) is 1.41. The van der Waals surface area contributed by atoms with Gasteiger partial charge in [-0.25, -0.2) is 4.79 Å². The van der Waals surface area contributed by atoms with Crippen LogP contribution >= 0.6 is 0 Å². The Kier molecular flexibility index (Phi) is 5.08. The third-order valence-electron chi connectivity index (χ3n) is 4.20. The van der Waals surface area contributed by atoms with Gasteiger partial charge in [-0.2, -0.15) is 0 Å². The third-order valence-corrected chi connectivity index (χ3v) is 4.20. The number of carbonyl (C=O) groups is 1. The first-order valence-corrected chi connectivity index (χ1v) is 8.14. The monoisotopic (exact) mass is 344 g/mol. The van der Waals surface area contributed by atoms with Crippen LogP contribution in [0.15, 0.2) is 40.3 Å². The van der Waals surface area contributed by atoms with Crippen molar-refractivity contribution in [3.8, 4) is 0 Å². The van der Waals surface area contributed by atoms with Crippen LogP contribution in [0, 0.1) is 0 Å². The van der Waals surface area contributed by atoms with Crippen LogP contribution in [0.2, 0.25) is 0 Å². The molecule has 1 saturated heterocycles. The maximum absolute atomic E-state index is 12.9. The molecule has 2 aromatic rings. The Balaban J connectivity index is 1.89. The molecule has 132 valence electrons. The Morgan fingerprint density at radius 3 is 2.84 bits per heavy atom. The van der Waals surface area contributed by atoms with E-state index in [1.165, 1.54) is 17.8 Å². The quantitative estimate of drug-likeness (QED) is 0.841. The highest BCUT2D eigenvalue weighted by Crippen LogP contribution is 2.16. The van der Waals surface area contributed by atoms with Crippen LogP contribution in [-0.4, -0.2) is 44.6 Å². The lowest BCUT2D eigenvalue weighted by molar-refractivity contribution is 0.0505. The second-order valence-corrected chi connectivity index (χ2v) is 6.09. The summed E-state index contributed by atoms with van der Waals surface area (Å²) in [6, 6.07) is 3.64. The number of nitrogens with zero attached hydrogens (tertiary/aromatic N) is 3. The van der Waals surface area contributed by atoms with Gasteiger partial charge < -0.3 is 14.2 Å². The highest BCUT2D eigenvalue weighted by molar-refractivity contribution is 5.93. The molecule has 1 aliphatic heterocycles. The number of carbonyl (C=O) groups excluding carboxylic acids is 1. The number of pyridine rings is 1. The number of aromatic nitrogens is 3. The topological polar surface area (TPSA) is 97.3 Å². The maximum Gasteiger partial charge on any atom is 0.328 e. The van der Waals surface area contributed by atoms with Crippen LogP contribution < -0.4 is 11.2 Å². The van der Waals surface area contributed by atoms with Gasteiger partial charge in [-0.1, -0.05) is 0 Å². The van der Waals surface area contributed by atoms with E-state index in [0.717, 1.165) is 18.4 Å². The number of hydrogen-bond acceptors (Lipinski definition) is 5. The molecule has 25 heavy (non-hydrogen) atoms. The largest absolute Gasteiger partial charge is 0.376 e. The van der Waals surface area contributed by atoms with Gasteiger partial charge in [0.2, 0.25) is 0 Å². The lowest BCUT2D eigenvalue weighted by atomic mass is 10.1. The average molecular weight is 344 g/mol. The SMILES string of the molecule is Cn1cc(C(=O)N(Cc2ccncc2)CC2CCCO2)c(=O)[nH]c1=O. The van der Waals surface area contributed by atoms with E-state index in [2.05, 4.69) is 9.97 Å². The number of aromatic amines is 1. The summed E-state index contributed by atoms with van der Waals surface area (Å²) in [5, 5.41) is 0. The smallest absolute Gasteiger partial charge is 0.328 e. The first kappa shape index (κ1) is 17.1. The molecule has 1 atom stereocenters. The van der Waals surface area contributed by atoms with Gasteiger partial charge >= 0.3 is 5.69 Å². The molecule has 1 fully saturated rings. The van der Waals surface area contributed by atoms with Gasteiger partial charge in [0.25, 0.3) is 11.5 Å². The van der Waals surface area contributed by atoms with E-state index >= 15 is 0 Å². The third kappa shape index (κ3) is 4.03. The molecule has 1 unspecified atom stereocenters. The maximum atomic E-state index is 12.9. The standard InChI is InChI=1S/C17H20N4O4/c1-20-11-14(15(22)19-17(20)24)16(23)21(10-13-3-2-8-25-13)9-12-4-6-18-7-5-12/h4-7,11,13H,2-3,8-10H2,1H3,(H,19,22,24).